The Labute approximate surface area is 517 Å². The van der Waals surface area contributed by atoms with Gasteiger partial charge in [0, 0.05) is 21.5 Å². The van der Waals surface area contributed by atoms with Crippen molar-refractivity contribution in [3.8, 4) is 46.0 Å². The number of methoxy groups -OCH3 is 4. The first-order valence-electron chi connectivity index (χ1n) is 26.1. The van der Waals surface area contributed by atoms with Gasteiger partial charge in [-0.3, -0.25) is 0 Å². The molecule has 86 heavy (non-hydrogen) atoms. The Kier molecular flexibility index (Phi) is 22.9. The van der Waals surface area contributed by atoms with Crippen molar-refractivity contribution < 1.29 is 73.5 Å². The van der Waals surface area contributed by atoms with Crippen LogP contribution in [0.2, 0.25) is 0 Å². The summed E-state index contributed by atoms with van der Waals surface area (Å²) in [4.78, 5) is 0. The predicted octanol–water partition coefficient (Wildman–Crippen LogP) is 17.3. The first-order chi connectivity index (χ1) is 41.2. The Bertz CT molecular complexity index is 3820. The van der Waals surface area contributed by atoms with Gasteiger partial charge >= 0.3 is 34.1 Å². The van der Waals surface area contributed by atoms with Crippen LogP contribution in [0.3, 0.4) is 0 Å². The third-order valence-electron chi connectivity index (χ3n) is 12.8. The van der Waals surface area contributed by atoms with Crippen LogP contribution in [0.4, 0.5) is 45.5 Å². The van der Waals surface area contributed by atoms with E-state index in [0.29, 0.717) is 68.5 Å². The number of azo groups is 4. The fourth-order valence-corrected chi connectivity index (χ4v) is 8.62. The van der Waals surface area contributed by atoms with Gasteiger partial charge in [0.1, 0.15) is 45.7 Å². The molecule has 0 saturated carbocycles. The minimum absolute atomic E-state index is 0. The van der Waals surface area contributed by atoms with Crippen molar-refractivity contribution in [2.24, 2.45) is 40.9 Å². The van der Waals surface area contributed by atoms with Crippen LogP contribution in [0, 0.1) is 0 Å². The number of hydrogen-bond acceptors (Lipinski definition) is 16. The van der Waals surface area contributed by atoms with Gasteiger partial charge in [0.05, 0.1) is 51.2 Å². The van der Waals surface area contributed by atoms with E-state index in [4.69, 9.17) is 18.9 Å². The van der Waals surface area contributed by atoms with Crippen molar-refractivity contribution in [1.82, 2.24) is 0 Å². The van der Waals surface area contributed by atoms with Crippen molar-refractivity contribution in [2.75, 3.05) is 28.4 Å². The van der Waals surface area contributed by atoms with Gasteiger partial charge in [-0.1, -0.05) is 217 Å². The van der Waals surface area contributed by atoms with Crippen molar-refractivity contribution in [2.45, 2.75) is 0 Å². The molecule has 0 aromatic heterocycles. The van der Waals surface area contributed by atoms with Gasteiger partial charge in [-0.15, -0.1) is 20.5 Å². The second-order valence-corrected chi connectivity index (χ2v) is 18.0. The molecule has 0 spiro atoms. The molecule has 18 heteroatoms. The van der Waals surface area contributed by atoms with Crippen LogP contribution in [0.15, 0.2) is 284 Å². The molecule has 0 aliphatic rings. The summed E-state index contributed by atoms with van der Waals surface area (Å²) in [6.07, 6.45) is 0. The van der Waals surface area contributed by atoms with Crippen LogP contribution in [-0.4, -0.2) is 28.4 Å². The topological polar surface area (TPSA) is 228 Å². The maximum atomic E-state index is 12.0. The van der Waals surface area contributed by atoms with Gasteiger partial charge in [0.25, 0.3) is 0 Å². The Morgan fingerprint density at radius 1 is 0.221 bits per heavy atom. The smallest absolute Gasteiger partial charge is 0.871 e. The summed E-state index contributed by atoms with van der Waals surface area (Å²) in [6, 6.07) is 72.8. The van der Waals surface area contributed by atoms with Gasteiger partial charge in [0.15, 0.2) is 0 Å². The summed E-state index contributed by atoms with van der Waals surface area (Å²) in [5.41, 5.74) is 3.75. The van der Waals surface area contributed by atoms with Crippen molar-refractivity contribution in [3.05, 3.63) is 243 Å². The molecule has 0 bridgehead atoms. The summed E-state index contributed by atoms with van der Waals surface area (Å²) in [5.74, 6) is 1.89. The second-order valence-electron chi connectivity index (χ2n) is 18.0. The average molecular weight is 1240 g/mol. The number of nitrogens with zero attached hydrogens (tertiary/aromatic N) is 8. The zero-order valence-corrected chi connectivity index (χ0v) is 48.4. The molecule has 0 fully saturated rings. The van der Waals surface area contributed by atoms with E-state index >= 15 is 0 Å². The monoisotopic (exact) mass is 1230 g/mol. The molecule has 0 atom stereocenters. The minimum Gasteiger partial charge on any atom is -0.871 e. The third-order valence-corrected chi connectivity index (χ3v) is 12.8. The van der Waals surface area contributed by atoms with Crippen LogP contribution < -0.4 is 39.4 Å². The second kappa shape index (κ2) is 31.3. The summed E-state index contributed by atoms with van der Waals surface area (Å²) < 4.78 is 20.9. The molecule has 0 unspecified atom stereocenters. The Morgan fingerprint density at radius 3 is 0.616 bits per heavy atom. The molecule has 0 aliphatic heterocycles. The van der Waals surface area contributed by atoms with Crippen LogP contribution in [0.1, 0.15) is 0 Å². The van der Waals surface area contributed by atoms with E-state index in [1.165, 1.54) is 24.3 Å². The van der Waals surface area contributed by atoms with Gasteiger partial charge < -0.3 is 39.4 Å². The molecule has 0 heterocycles. The molecular weight excluding hydrogens is 1180 g/mol. The molecule has 12 aromatic rings. The summed E-state index contributed by atoms with van der Waals surface area (Å²) in [7, 11) is 6.30. The van der Waals surface area contributed by atoms with Gasteiger partial charge in [0.2, 0.25) is 0 Å². The van der Waals surface area contributed by atoms with Crippen LogP contribution in [0.25, 0.3) is 43.1 Å². The molecule has 0 N–H and O–H groups in total. The number of para-hydroxylation sites is 4. The van der Waals surface area contributed by atoms with Gasteiger partial charge in [-0.25, -0.2) is 0 Å². The molecule has 16 nitrogen and oxygen atoms in total. The Hall–Kier alpha value is -10.5. The van der Waals surface area contributed by atoms with E-state index in [0.717, 1.165) is 43.1 Å². The van der Waals surface area contributed by atoms with Crippen LogP contribution >= 0.6 is 0 Å². The Morgan fingerprint density at radius 2 is 0.407 bits per heavy atom. The quantitative estimate of drug-likeness (QED) is 0.0842. The van der Waals surface area contributed by atoms with Gasteiger partial charge in [-0.2, -0.15) is 20.5 Å². The third kappa shape index (κ3) is 15.6. The number of ether oxygens (including phenoxy) is 4. The van der Waals surface area contributed by atoms with Crippen molar-refractivity contribution >= 4 is 88.6 Å². The average Bonchev–Trinajstić information content (AvgIpc) is 2.35. The molecule has 434 valence electrons. The number of fused-ring (bicyclic) bond motifs is 4. The fraction of sp³-hybridized carbons (Fsp3) is 0.0588. The number of hydrogen-bond donors (Lipinski definition) is 0. The summed E-state index contributed by atoms with van der Waals surface area (Å²) >= 11 is 0. The first-order valence-corrected chi connectivity index (χ1v) is 26.1. The van der Waals surface area contributed by atoms with E-state index in [2.05, 4.69) is 40.9 Å². The molecule has 0 saturated heterocycles. The Balaban J connectivity index is 0.000000163. The molecular formula is C68H52Cu2N8O8. The van der Waals surface area contributed by atoms with E-state index in [-0.39, 0.29) is 57.1 Å². The van der Waals surface area contributed by atoms with Gasteiger partial charge in [-0.05, 0) is 70.1 Å². The molecule has 12 rings (SSSR count). The van der Waals surface area contributed by atoms with Crippen LogP contribution in [-0.2, 0) is 34.1 Å². The molecule has 2 radical (unpaired) electrons. The maximum Gasteiger partial charge on any atom is 2.00 e. The maximum absolute atomic E-state index is 12.0. The summed E-state index contributed by atoms with van der Waals surface area (Å²) in [6.45, 7) is 0. The molecule has 0 aliphatic carbocycles. The number of benzene rings is 12. The molecule has 12 aromatic carbocycles. The standard InChI is InChI=1S/4C17H14N2O2.2Cu/c4*1-21-16-9-5-4-8-14(16)18-19-17-13-7-3-2-6-12(13)10-11-15(17)20;;/h4*2-11,20H,1H3;;/q;;;;2*+2/p-4. The predicted molar refractivity (Wildman–Crippen MR) is 322 cm³/mol. The largest absolute Gasteiger partial charge is 2.00 e. The normalized spacial score (nSPS) is 10.8. The zero-order chi connectivity index (χ0) is 58.6. The van der Waals surface area contributed by atoms with Crippen molar-refractivity contribution in [1.29, 1.82) is 0 Å². The summed E-state index contributed by atoms with van der Waals surface area (Å²) in [5, 5.41) is 88.3. The van der Waals surface area contributed by atoms with Crippen molar-refractivity contribution in [3.63, 3.8) is 0 Å². The fourth-order valence-electron chi connectivity index (χ4n) is 8.62. The van der Waals surface area contributed by atoms with E-state index in [1.54, 1.807) is 101 Å². The van der Waals surface area contributed by atoms with E-state index in [9.17, 15) is 20.4 Å². The SMILES string of the molecule is COc1ccccc1N=Nc1c([O-])ccc2ccccc12.COc1ccccc1N=Nc1c([O-])ccc2ccccc12.COc1ccccc1N=Nc1c([O-])ccc2ccccc12.COc1ccccc1N=Nc1c([O-])ccc2ccccc12.[Cu+2].[Cu+2]. The van der Waals surface area contributed by atoms with Crippen LogP contribution in [0.5, 0.6) is 46.0 Å². The minimum atomic E-state index is -0.146. The van der Waals surface area contributed by atoms with E-state index in [1.807, 2.05) is 146 Å². The zero-order valence-electron chi connectivity index (χ0n) is 46.5. The van der Waals surface area contributed by atoms with E-state index < -0.39 is 0 Å². The number of rotatable bonds is 12. The molecule has 0 amide bonds. The first kappa shape index (κ1) is 63.1.